The summed E-state index contributed by atoms with van der Waals surface area (Å²) in [4.78, 5) is 15.5. The maximum absolute atomic E-state index is 11.6. The van der Waals surface area contributed by atoms with Crippen molar-refractivity contribution in [3.05, 3.63) is 58.6 Å². The van der Waals surface area contributed by atoms with Gasteiger partial charge in [-0.05, 0) is 35.2 Å². The molecule has 2 aromatic rings. The Labute approximate surface area is 91.9 Å². The van der Waals surface area contributed by atoms with Gasteiger partial charge in [0.05, 0.1) is 0 Å². The van der Waals surface area contributed by atoms with Crippen LogP contribution in [0.15, 0.2) is 47.4 Å². The van der Waals surface area contributed by atoms with E-state index in [-0.39, 0.29) is 5.78 Å². The number of hydrogen-bond acceptors (Lipinski definition) is 3. The predicted molar refractivity (Wildman–Crippen MR) is 61.9 cm³/mol. The summed E-state index contributed by atoms with van der Waals surface area (Å²) in [5.41, 5.74) is 1.72. The minimum absolute atomic E-state index is 0.0352. The first kappa shape index (κ1) is 9.80. The summed E-state index contributed by atoms with van der Waals surface area (Å²) < 4.78 is 0. The van der Waals surface area contributed by atoms with Crippen molar-refractivity contribution in [1.82, 2.24) is 4.98 Å². The van der Waals surface area contributed by atoms with E-state index >= 15 is 0 Å². The zero-order chi connectivity index (χ0) is 10.5. The monoisotopic (exact) mass is 215 g/mol. The number of carbonyl (C=O) groups is 1. The second kappa shape index (κ2) is 4.66. The minimum Gasteiger partial charge on any atom is -0.289 e. The molecule has 0 amide bonds. The molecule has 0 aliphatic carbocycles. The Bertz CT molecular complexity index is 460. The maximum atomic E-state index is 11.6. The molecule has 0 bridgehead atoms. The van der Waals surface area contributed by atoms with Gasteiger partial charge in [0.1, 0.15) is 0 Å². The van der Waals surface area contributed by atoms with Crippen LogP contribution in [0.25, 0.3) is 6.08 Å². The zero-order valence-electron chi connectivity index (χ0n) is 7.96. The Kier molecular flexibility index (Phi) is 3.05. The topological polar surface area (TPSA) is 30.0 Å². The van der Waals surface area contributed by atoms with E-state index < -0.39 is 0 Å². The highest BCUT2D eigenvalue weighted by Gasteiger charge is 2.00. The molecule has 0 atom stereocenters. The van der Waals surface area contributed by atoms with E-state index in [0.717, 1.165) is 11.1 Å². The molecule has 2 rings (SSSR count). The van der Waals surface area contributed by atoms with Crippen LogP contribution in [0.4, 0.5) is 0 Å². The highest BCUT2D eigenvalue weighted by Crippen LogP contribution is 2.08. The molecule has 0 aliphatic heterocycles. The summed E-state index contributed by atoms with van der Waals surface area (Å²) in [6.45, 7) is 0. The Hall–Kier alpha value is -1.74. The molecule has 2 aromatic heterocycles. The Balaban J connectivity index is 2.10. The molecule has 0 aliphatic rings. The first-order valence-corrected chi connectivity index (χ1v) is 5.45. The number of aromatic nitrogens is 1. The van der Waals surface area contributed by atoms with Crippen LogP contribution in [0.3, 0.4) is 0 Å². The van der Waals surface area contributed by atoms with E-state index in [1.165, 1.54) is 11.3 Å². The van der Waals surface area contributed by atoms with E-state index in [1.807, 2.05) is 29.0 Å². The van der Waals surface area contributed by atoms with Gasteiger partial charge in [0.25, 0.3) is 0 Å². The maximum Gasteiger partial charge on any atom is 0.186 e. The van der Waals surface area contributed by atoms with Crippen molar-refractivity contribution >= 4 is 23.2 Å². The second-order valence-corrected chi connectivity index (χ2v) is 3.77. The fourth-order valence-electron chi connectivity index (χ4n) is 1.15. The summed E-state index contributed by atoms with van der Waals surface area (Å²) >= 11 is 1.52. The predicted octanol–water partition coefficient (Wildman–Crippen LogP) is 3.04. The van der Waals surface area contributed by atoms with Crippen LogP contribution in [-0.4, -0.2) is 10.8 Å². The average molecular weight is 215 g/mol. The van der Waals surface area contributed by atoms with Crippen molar-refractivity contribution < 1.29 is 4.79 Å². The number of allylic oxidation sites excluding steroid dienone is 1. The standard InChI is InChI=1S/C12H9NOS/c14-12(11-5-8-15-9-11)2-1-10-3-6-13-7-4-10/h1-9H/b2-1+. The van der Waals surface area contributed by atoms with Gasteiger partial charge >= 0.3 is 0 Å². The van der Waals surface area contributed by atoms with Gasteiger partial charge < -0.3 is 0 Å². The molecule has 0 aromatic carbocycles. The fraction of sp³-hybridized carbons (Fsp3) is 0. The lowest BCUT2D eigenvalue weighted by atomic mass is 10.2. The van der Waals surface area contributed by atoms with Crippen LogP contribution in [0.1, 0.15) is 15.9 Å². The Morgan fingerprint density at radius 1 is 1.27 bits per heavy atom. The molecule has 2 heterocycles. The summed E-state index contributed by atoms with van der Waals surface area (Å²) in [6, 6.07) is 5.54. The van der Waals surface area contributed by atoms with Crippen LogP contribution in [0.2, 0.25) is 0 Å². The molecule has 74 valence electrons. The van der Waals surface area contributed by atoms with E-state index in [4.69, 9.17) is 0 Å². The molecule has 15 heavy (non-hydrogen) atoms. The van der Waals surface area contributed by atoms with Gasteiger partial charge in [-0.15, -0.1) is 0 Å². The molecule has 2 nitrogen and oxygen atoms in total. The van der Waals surface area contributed by atoms with Crippen molar-refractivity contribution in [2.45, 2.75) is 0 Å². The van der Waals surface area contributed by atoms with Gasteiger partial charge in [-0.1, -0.05) is 6.08 Å². The molecule has 0 fully saturated rings. The lowest BCUT2D eigenvalue weighted by Gasteiger charge is -1.90. The first-order valence-electron chi connectivity index (χ1n) is 4.51. The molecular formula is C12H9NOS. The zero-order valence-corrected chi connectivity index (χ0v) is 8.78. The largest absolute Gasteiger partial charge is 0.289 e. The number of hydrogen-bond donors (Lipinski definition) is 0. The van der Waals surface area contributed by atoms with Crippen LogP contribution in [0, 0.1) is 0 Å². The van der Waals surface area contributed by atoms with E-state index in [2.05, 4.69) is 4.98 Å². The van der Waals surface area contributed by atoms with Gasteiger partial charge in [-0.25, -0.2) is 0 Å². The Morgan fingerprint density at radius 3 is 2.73 bits per heavy atom. The van der Waals surface area contributed by atoms with Gasteiger partial charge in [-0.3, -0.25) is 9.78 Å². The van der Waals surface area contributed by atoms with Gasteiger partial charge in [0.2, 0.25) is 0 Å². The van der Waals surface area contributed by atoms with Crippen LogP contribution in [-0.2, 0) is 0 Å². The molecule has 0 saturated carbocycles. The number of nitrogens with zero attached hydrogens (tertiary/aromatic N) is 1. The lowest BCUT2D eigenvalue weighted by Crippen LogP contribution is -1.89. The van der Waals surface area contributed by atoms with Crippen molar-refractivity contribution in [2.75, 3.05) is 0 Å². The van der Waals surface area contributed by atoms with E-state index in [1.54, 1.807) is 24.5 Å². The molecule has 0 N–H and O–H groups in total. The van der Waals surface area contributed by atoms with Crippen LogP contribution >= 0.6 is 11.3 Å². The fourth-order valence-corrected chi connectivity index (χ4v) is 1.79. The number of thiophene rings is 1. The number of pyridine rings is 1. The quantitative estimate of drug-likeness (QED) is 0.582. The third-order valence-electron chi connectivity index (χ3n) is 1.94. The first-order chi connectivity index (χ1) is 7.36. The van der Waals surface area contributed by atoms with Crippen molar-refractivity contribution in [3.8, 4) is 0 Å². The number of ketones is 1. The summed E-state index contributed by atoms with van der Waals surface area (Å²) in [7, 11) is 0. The van der Waals surface area contributed by atoms with Crippen molar-refractivity contribution in [2.24, 2.45) is 0 Å². The van der Waals surface area contributed by atoms with Gasteiger partial charge in [-0.2, -0.15) is 11.3 Å². The molecule has 0 spiro atoms. The molecule has 0 saturated heterocycles. The third kappa shape index (κ3) is 2.60. The minimum atomic E-state index is 0.0352. The van der Waals surface area contributed by atoms with E-state index in [9.17, 15) is 4.79 Å². The van der Waals surface area contributed by atoms with Crippen LogP contribution in [0.5, 0.6) is 0 Å². The van der Waals surface area contributed by atoms with Gasteiger partial charge in [0, 0.05) is 23.3 Å². The number of rotatable bonds is 3. The molecule has 3 heteroatoms. The Morgan fingerprint density at radius 2 is 2.07 bits per heavy atom. The van der Waals surface area contributed by atoms with Crippen molar-refractivity contribution in [1.29, 1.82) is 0 Å². The van der Waals surface area contributed by atoms with Gasteiger partial charge in [0.15, 0.2) is 5.78 Å². The number of carbonyl (C=O) groups excluding carboxylic acids is 1. The lowest BCUT2D eigenvalue weighted by molar-refractivity contribution is 0.104. The SMILES string of the molecule is O=C(/C=C/c1ccncc1)c1ccsc1. The molecule has 0 radical (unpaired) electrons. The van der Waals surface area contributed by atoms with E-state index in [0.29, 0.717) is 0 Å². The summed E-state index contributed by atoms with van der Waals surface area (Å²) in [6.07, 6.45) is 6.78. The van der Waals surface area contributed by atoms with Crippen molar-refractivity contribution in [3.63, 3.8) is 0 Å². The average Bonchev–Trinajstić information content (AvgIpc) is 2.81. The highest BCUT2D eigenvalue weighted by atomic mass is 32.1. The second-order valence-electron chi connectivity index (χ2n) is 2.99. The summed E-state index contributed by atoms with van der Waals surface area (Å²) in [5, 5.41) is 3.74. The molecular weight excluding hydrogens is 206 g/mol. The normalized spacial score (nSPS) is 10.7. The van der Waals surface area contributed by atoms with Crippen LogP contribution < -0.4 is 0 Å². The molecule has 0 unspecified atom stereocenters. The highest BCUT2D eigenvalue weighted by molar-refractivity contribution is 7.08. The summed E-state index contributed by atoms with van der Waals surface area (Å²) in [5.74, 6) is 0.0352. The third-order valence-corrected chi connectivity index (χ3v) is 2.62. The smallest absolute Gasteiger partial charge is 0.186 e.